The van der Waals surface area contributed by atoms with Crippen LogP contribution < -0.4 is 9.62 Å². The monoisotopic (exact) mass is 419 g/mol. The molecule has 0 saturated heterocycles. The zero-order chi connectivity index (χ0) is 21.6. The molecule has 7 heteroatoms. The molecule has 0 spiro atoms. The van der Waals surface area contributed by atoms with Crippen LogP contribution in [0.5, 0.6) is 0 Å². The maximum absolute atomic E-state index is 13.2. The molecule has 3 aromatic rings. The van der Waals surface area contributed by atoms with Crippen molar-refractivity contribution in [1.82, 2.24) is 0 Å². The molecule has 6 nitrogen and oxygen atoms in total. The standard InChI is InChI=1S/C23H21N3O3S/c1-18-7-13-21(14-8-18)26(30(28,29)22-5-3-2-4-6-22)17-23(27)25-20-11-9-19(10-12-20)15-16-24/h2-14H,15,17H2,1H3,(H,25,27). The summed E-state index contributed by atoms with van der Waals surface area (Å²) >= 11 is 0. The van der Waals surface area contributed by atoms with Gasteiger partial charge in [-0.2, -0.15) is 5.26 Å². The summed E-state index contributed by atoms with van der Waals surface area (Å²) in [5.74, 6) is -0.469. The first kappa shape index (κ1) is 21.1. The third kappa shape index (κ3) is 5.04. The van der Waals surface area contributed by atoms with Gasteiger partial charge in [-0.15, -0.1) is 0 Å². The van der Waals surface area contributed by atoms with E-state index in [9.17, 15) is 13.2 Å². The molecule has 3 aromatic carbocycles. The van der Waals surface area contributed by atoms with Crippen molar-refractivity contribution in [2.24, 2.45) is 0 Å². The highest BCUT2D eigenvalue weighted by atomic mass is 32.2. The van der Waals surface area contributed by atoms with E-state index in [0.717, 1.165) is 15.4 Å². The minimum Gasteiger partial charge on any atom is -0.325 e. The van der Waals surface area contributed by atoms with Crippen molar-refractivity contribution in [3.05, 3.63) is 90.0 Å². The maximum Gasteiger partial charge on any atom is 0.264 e. The fourth-order valence-electron chi connectivity index (χ4n) is 2.87. The van der Waals surface area contributed by atoms with E-state index in [1.807, 2.05) is 6.92 Å². The molecule has 30 heavy (non-hydrogen) atoms. The van der Waals surface area contributed by atoms with Gasteiger partial charge in [0.2, 0.25) is 5.91 Å². The van der Waals surface area contributed by atoms with E-state index in [4.69, 9.17) is 5.26 Å². The fourth-order valence-corrected chi connectivity index (χ4v) is 4.32. The first-order valence-electron chi connectivity index (χ1n) is 9.30. The van der Waals surface area contributed by atoms with Gasteiger partial charge >= 0.3 is 0 Å². The number of aryl methyl sites for hydroxylation is 1. The Kier molecular flexibility index (Phi) is 6.50. The van der Waals surface area contributed by atoms with Gasteiger partial charge in [0, 0.05) is 5.69 Å². The molecule has 3 rings (SSSR count). The Labute approximate surface area is 176 Å². The minimum atomic E-state index is -3.93. The van der Waals surface area contributed by atoms with E-state index in [2.05, 4.69) is 11.4 Å². The number of benzene rings is 3. The predicted octanol–water partition coefficient (Wildman–Crippen LogP) is 3.90. The molecule has 0 saturated carbocycles. The van der Waals surface area contributed by atoms with Gasteiger partial charge < -0.3 is 5.32 Å². The van der Waals surface area contributed by atoms with Crippen LogP contribution in [0, 0.1) is 18.3 Å². The summed E-state index contributed by atoms with van der Waals surface area (Å²) in [5, 5.41) is 11.5. The number of anilines is 2. The zero-order valence-corrected chi connectivity index (χ0v) is 17.3. The highest BCUT2D eigenvalue weighted by Gasteiger charge is 2.27. The zero-order valence-electron chi connectivity index (χ0n) is 16.4. The van der Waals surface area contributed by atoms with Gasteiger partial charge in [-0.25, -0.2) is 8.42 Å². The van der Waals surface area contributed by atoms with Crippen LogP contribution in [-0.2, 0) is 21.2 Å². The summed E-state index contributed by atoms with van der Waals surface area (Å²) < 4.78 is 27.6. The first-order valence-corrected chi connectivity index (χ1v) is 10.7. The molecule has 0 aromatic heterocycles. The Morgan fingerprint density at radius 2 is 1.60 bits per heavy atom. The van der Waals surface area contributed by atoms with E-state index >= 15 is 0 Å². The summed E-state index contributed by atoms with van der Waals surface area (Å²) in [6.07, 6.45) is 0.282. The lowest BCUT2D eigenvalue weighted by Gasteiger charge is -2.24. The highest BCUT2D eigenvalue weighted by molar-refractivity contribution is 7.92. The van der Waals surface area contributed by atoms with Crippen LogP contribution in [0.15, 0.2) is 83.8 Å². The highest BCUT2D eigenvalue weighted by Crippen LogP contribution is 2.24. The molecule has 1 N–H and O–H groups in total. The molecule has 0 aliphatic carbocycles. The van der Waals surface area contributed by atoms with E-state index in [-0.39, 0.29) is 17.9 Å². The molecule has 0 radical (unpaired) electrons. The van der Waals surface area contributed by atoms with E-state index in [1.165, 1.54) is 12.1 Å². The first-order chi connectivity index (χ1) is 14.4. The largest absolute Gasteiger partial charge is 0.325 e. The topological polar surface area (TPSA) is 90.3 Å². The lowest BCUT2D eigenvalue weighted by molar-refractivity contribution is -0.114. The second-order valence-corrected chi connectivity index (χ2v) is 8.60. The molecule has 0 fully saturated rings. The van der Waals surface area contributed by atoms with Crippen molar-refractivity contribution in [2.45, 2.75) is 18.2 Å². The Morgan fingerprint density at radius 1 is 0.967 bits per heavy atom. The molecular formula is C23H21N3O3S. The van der Waals surface area contributed by atoms with Crippen molar-refractivity contribution >= 4 is 27.3 Å². The summed E-state index contributed by atoms with van der Waals surface area (Å²) in [7, 11) is -3.93. The van der Waals surface area contributed by atoms with Gasteiger partial charge in [-0.3, -0.25) is 9.10 Å². The van der Waals surface area contributed by atoms with Crippen LogP contribution >= 0.6 is 0 Å². The number of rotatable bonds is 7. The lowest BCUT2D eigenvalue weighted by Crippen LogP contribution is -2.38. The van der Waals surface area contributed by atoms with Crippen molar-refractivity contribution in [3.63, 3.8) is 0 Å². The smallest absolute Gasteiger partial charge is 0.264 e. The number of nitrogens with zero attached hydrogens (tertiary/aromatic N) is 2. The molecule has 0 unspecified atom stereocenters. The molecule has 0 aliphatic heterocycles. The summed E-state index contributed by atoms with van der Waals surface area (Å²) in [4.78, 5) is 12.8. The van der Waals surface area contributed by atoms with Crippen molar-refractivity contribution < 1.29 is 13.2 Å². The van der Waals surface area contributed by atoms with Gasteiger partial charge in [0.15, 0.2) is 0 Å². The van der Waals surface area contributed by atoms with E-state index in [0.29, 0.717) is 11.4 Å². The van der Waals surface area contributed by atoms with Crippen LogP contribution in [0.1, 0.15) is 11.1 Å². The Morgan fingerprint density at radius 3 is 2.20 bits per heavy atom. The number of hydrogen-bond donors (Lipinski definition) is 1. The summed E-state index contributed by atoms with van der Waals surface area (Å²) in [5.41, 5.74) is 2.76. The van der Waals surface area contributed by atoms with Crippen molar-refractivity contribution in [1.29, 1.82) is 5.26 Å². The van der Waals surface area contributed by atoms with Crippen molar-refractivity contribution in [2.75, 3.05) is 16.2 Å². The maximum atomic E-state index is 13.2. The normalized spacial score (nSPS) is 10.8. The summed E-state index contributed by atoms with van der Waals surface area (Å²) in [6.45, 7) is 1.53. The quantitative estimate of drug-likeness (QED) is 0.629. The number of sulfonamides is 1. The SMILES string of the molecule is Cc1ccc(N(CC(=O)Nc2ccc(CC#N)cc2)S(=O)(=O)c2ccccc2)cc1. The third-order valence-corrected chi connectivity index (χ3v) is 6.25. The van der Waals surface area contributed by atoms with Crippen LogP contribution in [0.2, 0.25) is 0 Å². The third-order valence-electron chi connectivity index (χ3n) is 4.46. The van der Waals surface area contributed by atoms with E-state index < -0.39 is 15.9 Å². The number of nitriles is 1. The molecule has 152 valence electrons. The van der Waals surface area contributed by atoms with Gasteiger partial charge in [0.05, 0.1) is 23.1 Å². The van der Waals surface area contributed by atoms with Crippen LogP contribution in [0.25, 0.3) is 0 Å². The molecule has 0 heterocycles. The van der Waals surface area contributed by atoms with Crippen LogP contribution in [0.3, 0.4) is 0 Å². The lowest BCUT2D eigenvalue weighted by atomic mass is 10.1. The molecule has 0 atom stereocenters. The van der Waals surface area contributed by atoms with E-state index in [1.54, 1.807) is 66.7 Å². The Bertz CT molecular complexity index is 1150. The molecular weight excluding hydrogens is 398 g/mol. The Hall–Kier alpha value is -3.63. The second-order valence-electron chi connectivity index (χ2n) is 6.74. The van der Waals surface area contributed by atoms with Gasteiger partial charge in [-0.05, 0) is 48.9 Å². The van der Waals surface area contributed by atoms with Crippen molar-refractivity contribution in [3.8, 4) is 6.07 Å². The fraction of sp³-hybridized carbons (Fsp3) is 0.130. The predicted molar refractivity (Wildman–Crippen MR) is 117 cm³/mol. The minimum absolute atomic E-state index is 0.110. The van der Waals surface area contributed by atoms with Gasteiger partial charge in [-0.1, -0.05) is 48.0 Å². The molecule has 0 aliphatic rings. The average molecular weight is 420 g/mol. The van der Waals surface area contributed by atoms with Crippen LogP contribution in [-0.4, -0.2) is 20.9 Å². The summed E-state index contributed by atoms with van der Waals surface area (Å²) in [6, 6.07) is 23.9. The number of carbonyl (C=O) groups excluding carboxylic acids is 1. The molecule has 1 amide bonds. The molecule has 0 bridgehead atoms. The number of carbonyl (C=O) groups is 1. The Balaban J connectivity index is 1.86. The second kappa shape index (κ2) is 9.25. The van der Waals surface area contributed by atoms with Gasteiger partial charge in [0.25, 0.3) is 10.0 Å². The van der Waals surface area contributed by atoms with Gasteiger partial charge in [0.1, 0.15) is 6.54 Å². The number of hydrogen-bond acceptors (Lipinski definition) is 4. The number of nitrogens with one attached hydrogen (secondary N) is 1. The van der Waals surface area contributed by atoms with Crippen LogP contribution in [0.4, 0.5) is 11.4 Å². The number of amides is 1. The average Bonchev–Trinajstić information content (AvgIpc) is 2.75.